The third-order valence-corrected chi connectivity index (χ3v) is 4.02. The number of hydrogen-bond donors (Lipinski definition) is 2. The first-order chi connectivity index (χ1) is 11.7. The fourth-order valence-electron chi connectivity index (χ4n) is 2.55. The SMILES string of the molecule is C=C1C(C(=O)NCc2ccncc2)C1C(=O)NCc1ccncc1. The van der Waals surface area contributed by atoms with E-state index in [1.807, 2.05) is 24.3 Å². The molecule has 1 fully saturated rings. The zero-order chi connectivity index (χ0) is 16.9. The molecule has 24 heavy (non-hydrogen) atoms. The molecule has 3 rings (SSSR count). The summed E-state index contributed by atoms with van der Waals surface area (Å²) in [5.74, 6) is -1.21. The average molecular weight is 322 g/mol. The highest BCUT2D eigenvalue weighted by Crippen LogP contribution is 2.44. The summed E-state index contributed by atoms with van der Waals surface area (Å²) in [7, 11) is 0. The minimum absolute atomic E-state index is 0.166. The van der Waals surface area contributed by atoms with Crippen molar-refractivity contribution in [1.29, 1.82) is 0 Å². The lowest BCUT2D eigenvalue weighted by atomic mass is 10.2. The van der Waals surface area contributed by atoms with Gasteiger partial charge in [-0.1, -0.05) is 12.2 Å². The van der Waals surface area contributed by atoms with Crippen LogP contribution < -0.4 is 10.6 Å². The number of nitrogens with one attached hydrogen (secondary N) is 2. The van der Waals surface area contributed by atoms with Crippen LogP contribution in [-0.4, -0.2) is 21.8 Å². The number of carbonyl (C=O) groups is 2. The third kappa shape index (κ3) is 3.65. The molecule has 6 nitrogen and oxygen atoms in total. The molecule has 2 amide bonds. The van der Waals surface area contributed by atoms with Crippen LogP contribution in [0.4, 0.5) is 0 Å². The molecule has 1 aliphatic rings. The number of hydrogen-bond acceptors (Lipinski definition) is 4. The summed E-state index contributed by atoms with van der Waals surface area (Å²) < 4.78 is 0. The topological polar surface area (TPSA) is 84.0 Å². The molecule has 6 heteroatoms. The summed E-state index contributed by atoms with van der Waals surface area (Å²) in [6.45, 7) is 4.67. The van der Waals surface area contributed by atoms with Crippen LogP contribution in [0.1, 0.15) is 11.1 Å². The summed E-state index contributed by atoms with van der Waals surface area (Å²) in [5, 5.41) is 5.67. The molecule has 0 saturated heterocycles. The van der Waals surface area contributed by atoms with E-state index in [1.54, 1.807) is 24.8 Å². The Morgan fingerprint density at radius 2 is 1.21 bits per heavy atom. The van der Waals surface area contributed by atoms with Crippen LogP contribution in [0.15, 0.2) is 61.2 Å². The average Bonchev–Trinajstić information content (AvgIpc) is 3.30. The molecule has 2 heterocycles. The van der Waals surface area contributed by atoms with Crippen molar-refractivity contribution in [2.75, 3.05) is 0 Å². The molecule has 2 atom stereocenters. The number of pyridine rings is 2. The Balaban J connectivity index is 1.48. The van der Waals surface area contributed by atoms with Gasteiger partial charge in [-0.25, -0.2) is 0 Å². The van der Waals surface area contributed by atoms with Crippen molar-refractivity contribution in [3.8, 4) is 0 Å². The summed E-state index contributed by atoms with van der Waals surface area (Å²) >= 11 is 0. The molecule has 1 saturated carbocycles. The Morgan fingerprint density at radius 1 is 0.833 bits per heavy atom. The molecular weight excluding hydrogens is 304 g/mol. The van der Waals surface area contributed by atoms with Crippen molar-refractivity contribution >= 4 is 11.8 Å². The van der Waals surface area contributed by atoms with Crippen molar-refractivity contribution in [1.82, 2.24) is 20.6 Å². The molecule has 1 aliphatic carbocycles. The molecule has 2 aromatic heterocycles. The van der Waals surface area contributed by atoms with Gasteiger partial charge in [0.05, 0.1) is 11.8 Å². The number of amides is 2. The van der Waals surface area contributed by atoms with E-state index < -0.39 is 11.8 Å². The van der Waals surface area contributed by atoms with E-state index in [9.17, 15) is 9.59 Å². The predicted octanol–water partition coefficient (Wildman–Crippen LogP) is 1.21. The lowest BCUT2D eigenvalue weighted by Gasteiger charge is -2.06. The van der Waals surface area contributed by atoms with Crippen LogP contribution in [0.5, 0.6) is 0 Å². The Morgan fingerprint density at radius 3 is 1.58 bits per heavy atom. The second-order valence-electron chi connectivity index (χ2n) is 5.68. The van der Waals surface area contributed by atoms with E-state index in [-0.39, 0.29) is 11.8 Å². The number of aromatic nitrogens is 2. The van der Waals surface area contributed by atoms with E-state index in [0.717, 1.165) is 11.1 Å². The first-order valence-electron chi connectivity index (χ1n) is 7.68. The maximum atomic E-state index is 12.2. The first-order valence-corrected chi connectivity index (χ1v) is 7.68. The minimum atomic E-state index is -0.440. The second-order valence-corrected chi connectivity index (χ2v) is 5.68. The van der Waals surface area contributed by atoms with Gasteiger partial charge in [0.1, 0.15) is 0 Å². The van der Waals surface area contributed by atoms with Gasteiger partial charge in [0.2, 0.25) is 11.8 Å². The minimum Gasteiger partial charge on any atom is -0.351 e. The first kappa shape index (κ1) is 15.9. The van der Waals surface area contributed by atoms with Gasteiger partial charge in [-0.3, -0.25) is 19.6 Å². The zero-order valence-electron chi connectivity index (χ0n) is 13.1. The van der Waals surface area contributed by atoms with E-state index >= 15 is 0 Å². The van der Waals surface area contributed by atoms with Crippen LogP contribution in [0, 0.1) is 11.8 Å². The second kappa shape index (κ2) is 7.04. The van der Waals surface area contributed by atoms with Gasteiger partial charge >= 0.3 is 0 Å². The molecule has 0 aromatic carbocycles. The molecule has 2 aromatic rings. The fraction of sp³-hybridized carbons (Fsp3) is 0.222. The van der Waals surface area contributed by atoms with Crippen LogP contribution in [0.2, 0.25) is 0 Å². The monoisotopic (exact) mass is 322 g/mol. The van der Waals surface area contributed by atoms with E-state index in [1.165, 1.54) is 0 Å². The van der Waals surface area contributed by atoms with Crippen LogP contribution in [-0.2, 0) is 22.7 Å². The maximum absolute atomic E-state index is 12.2. The van der Waals surface area contributed by atoms with Crippen LogP contribution >= 0.6 is 0 Å². The van der Waals surface area contributed by atoms with Gasteiger partial charge in [0.15, 0.2) is 0 Å². The van der Waals surface area contributed by atoms with Crippen LogP contribution in [0.25, 0.3) is 0 Å². The van der Waals surface area contributed by atoms with Crippen molar-refractivity contribution in [3.63, 3.8) is 0 Å². The smallest absolute Gasteiger partial charge is 0.228 e. The lowest BCUT2D eigenvalue weighted by molar-refractivity contribution is -0.127. The number of rotatable bonds is 6. The van der Waals surface area contributed by atoms with Gasteiger partial charge in [-0.15, -0.1) is 0 Å². The Bertz CT molecular complexity index is 683. The molecule has 122 valence electrons. The maximum Gasteiger partial charge on any atom is 0.228 e. The molecule has 0 aliphatic heterocycles. The Kier molecular flexibility index (Phi) is 4.65. The quantitative estimate of drug-likeness (QED) is 0.783. The summed E-state index contributed by atoms with van der Waals surface area (Å²) in [5.41, 5.74) is 2.58. The lowest BCUT2D eigenvalue weighted by Crippen LogP contribution is -2.29. The fourth-order valence-corrected chi connectivity index (χ4v) is 2.55. The summed E-state index contributed by atoms with van der Waals surface area (Å²) in [6, 6.07) is 7.34. The molecule has 0 bridgehead atoms. The normalized spacial score (nSPS) is 18.8. The largest absolute Gasteiger partial charge is 0.351 e. The van der Waals surface area contributed by atoms with Crippen molar-refractivity contribution in [2.24, 2.45) is 11.8 Å². The van der Waals surface area contributed by atoms with Crippen molar-refractivity contribution in [3.05, 3.63) is 72.3 Å². The molecule has 2 unspecified atom stereocenters. The zero-order valence-corrected chi connectivity index (χ0v) is 13.1. The highest BCUT2D eigenvalue weighted by Gasteiger charge is 2.52. The molecule has 2 N–H and O–H groups in total. The third-order valence-electron chi connectivity index (χ3n) is 4.02. The Labute approximate surface area is 140 Å². The van der Waals surface area contributed by atoms with Crippen LogP contribution in [0.3, 0.4) is 0 Å². The summed E-state index contributed by atoms with van der Waals surface area (Å²) in [6.07, 6.45) is 6.69. The van der Waals surface area contributed by atoms with Gasteiger partial charge in [0, 0.05) is 37.9 Å². The molecular formula is C18H18N4O2. The van der Waals surface area contributed by atoms with E-state index in [4.69, 9.17) is 0 Å². The van der Waals surface area contributed by atoms with Gasteiger partial charge in [0.25, 0.3) is 0 Å². The highest BCUT2D eigenvalue weighted by molar-refractivity contribution is 5.99. The van der Waals surface area contributed by atoms with Crippen molar-refractivity contribution in [2.45, 2.75) is 13.1 Å². The van der Waals surface area contributed by atoms with Gasteiger partial charge < -0.3 is 10.6 Å². The van der Waals surface area contributed by atoms with E-state index in [0.29, 0.717) is 18.7 Å². The predicted molar refractivity (Wildman–Crippen MR) is 88.3 cm³/mol. The summed E-state index contributed by atoms with van der Waals surface area (Å²) in [4.78, 5) is 32.3. The van der Waals surface area contributed by atoms with Crippen molar-refractivity contribution < 1.29 is 9.59 Å². The standard InChI is InChI=1S/C18H18N4O2/c1-12-15(17(23)21-10-13-2-6-19-7-3-13)16(12)18(24)22-11-14-4-8-20-9-5-14/h2-9,15-16H,1,10-11H2,(H,21,23)(H,22,24). The van der Waals surface area contributed by atoms with Gasteiger partial charge in [-0.2, -0.15) is 0 Å². The van der Waals surface area contributed by atoms with E-state index in [2.05, 4.69) is 27.2 Å². The number of carbonyl (C=O) groups excluding carboxylic acids is 2. The molecule has 0 radical (unpaired) electrons. The molecule has 0 spiro atoms. The van der Waals surface area contributed by atoms with Gasteiger partial charge in [-0.05, 0) is 35.4 Å². The Hall–Kier alpha value is -3.02. The number of nitrogens with zero attached hydrogens (tertiary/aromatic N) is 2. The highest BCUT2D eigenvalue weighted by atomic mass is 16.2.